The van der Waals surface area contributed by atoms with Crippen LogP contribution in [0.15, 0.2) is 18.2 Å². The number of piperazine rings is 1. The molecule has 4 heteroatoms. The summed E-state index contributed by atoms with van der Waals surface area (Å²) in [6, 6.07) is 4.52. The lowest BCUT2D eigenvalue weighted by molar-refractivity contribution is 0.208. The maximum atomic E-state index is 13.6. The Morgan fingerprint density at radius 2 is 1.53 bits per heavy atom. The SMILES string of the molecule is CC(C)N1CCN(c2c(F)cccc2F)CC1. The molecule has 1 fully saturated rings. The topological polar surface area (TPSA) is 6.48 Å². The monoisotopic (exact) mass is 240 g/mol. The van der Waals surface area contributed by atoms with Crippen LogP contribution in [0.25, 0.3) is 0 Å². The van der Waals surface area contributed by atoms with Gasteiger partial charge < -0.3 is 4.90 Å². The minimum absolute atomic E-state index is 0.121. The highest BCUT2D eigenvalue weighted by Gasteiger charge is 2.22. The highest BCUT2D eigenvalue weighted by atomic mass is 19.1. The van der Waals surface area contributed by atoms with Crippen molar-refractivity contribution in [1.82, 2.24) is 4.90 Å². The van der Waals surface area contributed by atoms with E-state index >= 15 is 0 Å². The Morgan fingerprint density at radius 1 is 1.00 bits per heavy atom. The summed E-state index contributed by atoms with van der Waals surface area (Å²) in [6.07, 6.45) is 0. The first-order valence-corrected chi connectivity index (χ1v) is 6.02. The average Bonchev–Trinajstić information content (AvgIpc) is 2.29. The van der Waals surface area contributed by atoms with Crippen molar-refractivity contribution in [1.29, 1.82) is 0 Å². The van der Waals surface area contributed by atoms with Gasteiger partial charge in [0.05, 0.1) is 0 Å². The highest BCUT2D eigenvalue weighted by Crippen LogP contribution is 2.24. The Bertz CT molecular complexity index is 365. The van der Waals surface area contributed by atoms with Gasteiger partial charge in [-0.15, -0.1) is 0 Å². The Kier molecular flexibility index (Phi) is 3.62. The lowest BCUT2D eigenvalue weighted by Crippen LogP contribution is -2.49. The average molecular weight is 240 g/mol. The number of rotatable bonds is 2. The number of hydrogen-bond donors (Lipinski definition) is 0. The predicted molar refractivity (Wildman–Crippen MR) is 65.3 cm³/mol. The summed E-state index contributed by atoms with van der Waals surface area (Å²) in [7, 11) is 0. The van der Waals surface area contributed by atoms with E-state index in [1.54, 1.807) is 4.90 Å². The summed E-state index contributed by atoms with van der Waals surface area (Å²) in [5.41, 5.74) is 0.121. The predicted octanol–water partition coefficient (Wildman–Crippen LogP) is 2.50. The van der Waals surface area contributed by atoms with Crippen LogP contribution in [0.4, 0.5) is 14.5 Å². The van der Waals surface area contributed by atoms with E-state index in [1.165, 1.54) is 18.2 Å². The normalized spacial score (nSPS) is 17.8. The minimum atomic E-state index is -0.469. The number of para-hydroxylation sites is 1. The number of halogens is 2. The quantitative estimate of drug-likeness (QED) is 0.783. The van der Waals surface area contributed by atoms with Gasteiger partial charge in [0, 0.05) is 32.2 Å². The zero-order chi connectivity index (χ0) is 12.4. The molecule has 0 radical (unpaired) electrons. The van der Waals surface area contributed by atoms with Crippen LogP contribution in [0.5, 0.6) is 0 Å². The third kappa shape index (κ3) is 2.57. The molecule has 0 aromatic heterocycles. The summed E-state index contributed by atoms with van der Waals surface area (Å²) in [6.45, 7) is 7.33. The Labute approximate surface area is 101 Å². The van der Waals surface area contributed by atoms with Crippen LogP contribution in [0.2, 0.25) is 0 Å². The van der Waals surface area contributed by atoms with E-state index in [9.17, 15) is 8.78 Å². The van der Waals surface area contributed by atoms with E-state index in [2.05, 4.69) is 18.7 Å². The molecule has 1 saturated heterocycles. The molecule has 1 aromatic carbocycles. The van der Waals surface area contributed by atoms with E-state index in [1.807, 2.05) is 0 Å². The first kappa shape index (κ1) is 12.3. The minimum Gasteiger partial charge on any atom is -0.364 e. The molecule has 1 heterocycles. The summed E-state index contributed by atoms with van der Waals surface area (Å²) < 4.78 is 27.2. The maximum Gasteiger partial charge on any atom is 0.149 e. The van der Waals surface area contributed by atoms with Crippen LogP contribution < -0.4 is 4.90 Å². The van der Waals surface area contributed by atoms with Gasteiger partial charge in [-0.25, -0.2) is 8.78 Å². The van der Waals surface area contributed by atoms with Crippen LogP contribution in [0, 0.1) is 11.6 Å². The summed E-state index contributed by atoms with van der Waals surface area (Å²) in [5.74, 6) is -0.939. The molecule has 94 valence electrons. The largest absolute Gasteiger partial charge is 0.364 e. The Morgan fingerprint density at radius 3 is 2.00 bits per heavy atom. The molecule has 2 nitrogen and oxygen atoms in total. The first-order chi connectivity index (χ1) is 8.09. The third-order valence-corrected chi connectivity index (χ3v) is 3.30. The smallest absolute Gasteiger partial charge is 0.149 e. The van der Waals surface area contributed by atoms with Gasteiger partial charge in [0.2, 0.25) is 0 Å². The molecule has 2 rings (SSSR count). The lowest BCUT2D eigenvalue weighted by atomic mass is 10.2. The van der Waals surface area contributed by atoms with E-state index in [0.29, 0.717) is 19.1 Å². The zero-order valence-electron chi connectivity index (χ0n) is 10.3. The van der Waals surface area contributed by atoms with Gasteiger partial charge in [-0.05, 0) is 26.0 Å². The number of anilines is 1. The third-order valence-electron chi connectivity index (χ3n) is 3.30. The second-order valence-corrected chi connectivity index (χ2v) is 4.69. The molecule has 1 aliphatic rings. The lowest BCUT2D eigenvalue weighted by Gasteiger charge is -2.38. The molecule has 1 aliphatic heterocycles. The molecular weight excluding hydrogens is 222 g/mol. The fourth-order valence-corrected chi connectivity index (χ4v) is 2.25. The molecule has 0 aliphatic carbocycles. The molecule has 1 aromatic rings. The zero-order valence-corrected chi connectivity index (χ0v) is 10.3. The van der Waals surface area contributed by atoms with Crippen LogP contribution in [0.3, 0.4) is 0 Å². The van der Waals surface area contributed by atoms with E-state index in [-0.39, 0.29) is 5.69 Å². The van der Waals surface area contributed by atoms with Crippen molar-refractivity contribution in [3.63, 3.8) is 0 Å². The number of nitrogens with zero attached hydrogens (tertiary/aromatic N) is 2. The van der Waals surface area contributed by atoms with Crippen molar-refractivity contribution in [2.75, 3.05) is 31.1 Å². The summed E-state index contributed by atoms with van der Waals surface area (Å²) in [5, 5.41) is 0. The van der Waals surface area contributed by atoms with Crippen LogP contribution in [-0.4, -0.2) is 37.1 Å². The molecule has 0 unspecified atom stereocenters. The standard InChI is InChI=1S/C13H18F2N2/c1-10(2)16-6-8-17(9-7-16)13-11(14)4-3-5-12(13)15/h3-5,10H,6-9H2,1-2H3. The van der Waals surface area contributed by atoms with Crippen molar-refractivity contribution >= 4 is 5.69 Å². The summed E-state index contributed by atoms with van der Waals surface area (Å²) in [4.78, 5) is 4.11. The van der Waals surface area contributed by atoms with E-state index in [4.69, 9.17) is 0 Å². The Hall–Kier alpha value is -1.16. The number of benzene rings is 1. The van der Waals surface area contributed by atoms with Crippen molar-refractivity contribution in [3.05, 3.63) is 29.8 Å². The fourth-order valence-electron chi connectivity index (χ4n) is 2.25. The number of hydrogen-bond acceptors (Lipinski definition) is 2. The molecule has 0 saturated carbocycles. The first-order valence-electron chi connectivity index (χ1n) is 6.02. The van der Waals surface area contributed by atoms with Crippen molar-refractivity contribution in [2.45, 2.75) is 19.9 Å². The van der Waals surface area contributed by atoms with E-state index in [0.717, 1.165) is 13.1 Å². The molecule has 0 spiro atoms. The highest BCUT2D eigenvalue weighted by molar-refractivity contribution is 5.49. The van der Waals surface area contributed by atoms with Gasteiger partial charge in [-0.1, -0.05) is 6.07 Å². The molecule has 0 bridgehead atoms. The molecular formula is C13H18F2N2. The maximum absolute atomic E-state index is 13.6. The second kappa shape index (κ2) is 5.00. The van der Waals surface area contributed by atoms with Crippen LogP contribution in [0.1, 0.15) is 13.8 Å². The van der Waals surface area contributed by atoms with Gasteiger partial charge in [-0.3, -0.25) is 4.90 Å². The fraction of sp³-hybridized carbons (Fsp3) is 0.538. The van der Waals surface area contributed by atoms with Gasteiger partial charge >= 0.3 is 0 Å². The van der Waals surface area contributed by atoms with Gasteiger partial charge in [0.1, 0.15) is 17.3 Å². The van der Waals surface area contributed by atoms with Gasteiger partial charge in [0.15, 0.2) is 0 Å². The molecule has 0 atom stereocenters. The summed E-state index contributed by atoms with van der Waals surface area (Å²) >= 11 is 0. The van der Waals surface area contributed by atoms with Crippen molar-refractivity contribution < 1.29 is 8.78 Å². The van der Waals surface area contributed by atoms with Gasteiger partial charge in [-0.2, -0.15) is 0 Å². The van der Waals surface area contributed by atoms with Crippen LogP contribution >= 0.6 is 0 Å². The second-order valence-electron chi connectivity index (χ2n) is 4.69. The van der Waals surface area contributed by atoms with E-state index < -0.39 is 11.6 Å². The molecule has 0 N–H and O–H groups in total. The van der Waals surface area contributed by atoms with Crippen LogP contribution in [-0.2, 0) is 0 Å². The molecule has 0 amide bonds. The van der Waals surface area contributed by atoms with Gasteiger partial charge in [0.25, 0.3) is 0 Å². The molecule has 17 heavy (non-hydrogen) atoms. The van der Waals surface area contributed by atoms with Crippen molar-refractivity contribution in [2.24, 2.45) is 0 Å². The van der Waals surface area contributed by atoms with Crippen molar-refractivity contribution in [3.8, 4) is 0 Å². The Balaban J connectivity index is 2.11.